The monoisotopic (exact) mass is 280 g/mol. The number of alkyl halides is 1. The summed E-state index contributed by atoms with van der Waals surface area (Å²) in [6.45, 7) is 8.13. The lowest BCUT2D eigenvalue weighted by atomic mass is 10.2. The van der Waals surface area contributed by atoms with E-state index in [2.05, 4.69) is 22.5 Å². The molecule has 88 valence electrons. The van der Waals surface area contributed by atoms with Gasteiger partial charge in [-0.3, -0.25) is 4.79 Å². The number of carbonyl (C=O) groups excluding carboxylic acids is 1. The molecule has 0 N–H and O–H groups in total. The van der Waals surface area contributed by atoms with Crippen LogP contribution in [0.2, 0.25) is 0 Å². The smallest absolute Gasteiger partial charge is 0.322 e. The zero-order chi connectivity index (χ0) is 11.7. The molecule has 5 heteroatoms. The summed E-state index contributed by atoms with van der Waals surface area (Å²) in [5.41, 5.74) is 0. The van der Waals surface area contributed by atoms with Crippen molar-refractivity contribution in [3.8, 4) is 0 Å². The van der Waals surface area contributed by atoms with Crippen molar-refractivity contribution in [2.24, 2.45) is 0 Å². The van der Waals surface area contributed by atoms with Gasteiger partial charge in [-0.2, -0.15) is 0 Å². The van der Waals surface area contributed by atoms with E-state index in [1.54, 1.807) is 19.9 Å². The van der Waals surface area contributed by atoms with Crippen molar-refractivity contribution in [2.75, 3.05) is 26.6 Å². The van der Waals surface area contributed by atoms with Crippen molar-refractivity contribution in [1.82, 2.24) is 0 Å². The Morgan fingerprint density at radius 2 is 2.07 bits per heavy atom. The third kappa shape index (κ3) is 8.59. The molecule has 0 aromatic heterocycles. The highest BCUT2D eigenvalue weighted by Crippen LogP contribution is 2.17. The van der Waals surface area contributed by atoms with Crippen molar-refractivity contribution >= 4 is 21.9 Å². The van der Waals surface area contributed by atoms with Gasteiger partial charge in [0.05, 0.1) is 13.2 Å². The molecule has 4 nitrogen and oxygen atoms in total. The fraction of sp³-hybridized carbons (Fsp3) is 0.700. The van der Waals surface area contributed by atoms with Crippen LogP contribution < -0.4 is 0 Å². The standard InChI is InChI=1S/C10H17BrO4/c1-4-5-13-8-14-6-7-15-9(12)10(2,3)11/h4H,1,5-8H2,2-3H3. The first kappa shape index (κ1) is 14.6. The number of esters is 1. The average molecular weight is 281 g/mol. The molecule has 0 saturated carbocycles. The molecule has 15 heavy (non-hydrogen) atoms. The lowest BCUT2D eigenvalue weighted by Crippen LogP contribution is -2.27. The van der Waals surface area contributed by atoms with Crippen molar-refractivity contribution in [3.05, 3.63) is 12.7 Å². The molecule has 0 bridgehead atoms. The molecule has 0 amide bonds. The highest BCUT2D eigenvalue weighted by molar-refractivity contribution is 9.10. The van der Waals surface area contributed by atoms with Gasteiger partial charge in [0, 0.05) is 0 Å². The molecule has 0 saturated heterocycles. The Balaban J connectivity index is 3.32. The molecule has 0 aromatic carbocycles. The minimum atomic E-state index is -0.646. The van der Waals surface area contributed by atoms with E-state index in [-0.39, 0.29) is 19.4 Å². The van der Waals surface area contributed by atoms with Gasteiger partial charge in [0.15, 0.2) is 0 Å². The maximum Gasteiger partial charge on any atom is 0.322 e. The van der Waals surface area contributed by atoms with Gasteiger partial charge in [0.2, 0.25) is 0 Å². The number of hydrogen-bond acceptors (Lipinski definition) is 4. The second-order valence-corrected chi connectivity index (χ2v) is 5.28. The van der Waals surface area contributed by atoms with Gasteiger partial charge in [0.1, 0.15) is 17.7 Å². The molecule has 0 unspecified atom stereocenters. The van der Waals surface area contributed by atoms with Gasteiger partial charge >= 0.3 is 5.97 Å². The van der Waals surface area contributed by atoms with E-state index >= 15 is 0 Å². The second-order valence-electron chi connectivity index (χ2n) is 3.29. The topological polar surface area (TPSA) is 44.8 Å². The van der Waals surface area contributed by atoms with Crippen LogP contribution in [0.3, 0.4) is 0 Å². The Bertz CT molecular complexity index is 198. The van der Waals surface area contributed by atoms with E-state index in [0.717, 1.165) is 0 Å². The highest BCUT2D eigenvalue weighted by Gasteiger charge is 2.24. The Morgan fingerprint density at radius 3 is 2.60 bits per heavy atom. The first-order valence-corrected chi connectivity index (χ1v) is 5.40. The molecular formula is C10H17BrO4. The van der Waals surface area contributed by atoms with E-state index in [9.17, 15) is 4.79 Å². The fourth-order valence-corrected chi connectivity index (χ4v) is 0.729. The predicted molar refractivity (Wildman–Crippen MR) is 60.9 cm³/mol. The van der Waals surface area contributed by atoms with Gasteiger partial charge in [-0.1, -0.05) is 22.0 Å². The van der Waals surface area contributed by atoms with Gasteiger partial charge in [0.25, 0.3) is 0 Å². The van der Waals surface area contributed by atoms with Crippen molar-refractivity contribution in [3.63, 3.8) is 0 Å². The molecule has 0 fully saturated rings. The molecule has 0 radical (unpaired) electrons. The quantitative estimate of drug-likeness (QED) is 0.224. The molecule has 0 aliphatic carbocycles. The number of halogens is 1. The maximum atomic E-state index is 11.2. The van der Waals surface area contributed by atoms with E-state index in [1.165, 1.54) is 0 Å². The third-order valence-electron chi connectivity index (χ3n) is 1.35. The normalized spacial score (nSPS) is 11.1. The Labute approximate surface area is 98.7 Å². The molecule has 0 heterocycles. The van der Waals surface area contributed by atoms with E-state index in [4.69, 9.17) is 14.2 Å². The summed E-state index contributed by atoms with van der Waals surface area (Å²) in [6.07, 6.45) is 1.64. The van der Waals surface area contributed by atoms with Crippen LogP contribution in [0.25, 0.3) is 0 Å². The summed E-state index contributed by atoms with van der Waals surface area (Å²) in [7, 11) is 0. The van der Waals surface area contributed by atoms with Crippen LogP contribution in [0.4, 0.5) is 0 Å². The van der Waals surface area contributed by atoms with Crippen molar-refractivity contribution in [2.45, 2.75) is 18.2 Å². The van der Waals surface area contributed by atoms with E-state index in [0.29, 0.717) is 13.2 Å². The summed E-state index contributed by atoms with van der Waals surface area (Å²) in [6, 6.07) is 0. The van der Waals surface area contributed by atoms with Crippen LogP contribution in [0.15, 0.2) is 12.7 Å². The zero-order valence-electron chi connectivity index (χ0n) is 9.12. The second kappa shape index (κ2) is 7.84. The third-order valence-corrected chi connectivity index (χ3v) is 1.67. The molecular weight excluding hydrogens is 264 g/mol. The summed E-state index contributed by atoms with van der Waals surface area (Å²) >= 11 is 3.20. The first-order valence-electron chi connectivity index (χ1n) is 4.61. The van der Waals surface area contributed by atoms with E-state index in [1.807, 2.05) is 0 Å². The van der Waals surface area contributed by atoms with Gasteiger partial charge in [-0.25, -0.2) is 0 Å². The summed E-state index contributed by atoms with van der Waals surface area (Å²) in [4.78, 5) is 11.2. The summed E-state index contributed by atoms with van der Waals surface area (Å²) in [5.74, 6) is -0.307. The molecule has 0 atom stereocenters. The Hall–Kier alpha value is -0.390. The maximum absolute atomic E-state index is 11.2. The highest BCUT2D eigenvalue weighted by atomic mass is 79.9. The zero-order valence-corrected chi connectivity index (χ0v) is 10.7. The molecule has 0 spiro atoms. The van der Waals surface area contributed by atoms with Crippen LogP contribution in [-0.2, 0) is 19.0 Å². The van der Waals surface area contributed by atoms with Gasteiger partial charge in [-0.15, -0.1) is 6.58 Å². The van der Waals surface area contributed by atoms with Crippen molar-refractivity contribution < 1.29 is 19.0 Å². The minimum absolute atomic E-state index is 0.182. The summed E-state index contributed by atoms with van der Waals surface area (Å²) in [5, 5.41) is 0. The molecule has 0 rings (SSSR count). The average Bonchev–Trinajstić information content (AvgIpc) is 2.14. The Kier molecular flexibility index (Phi) is 7.64. The van der Waals surface area contributed by atoms with Crippen LogP contribution in [0.1, 0.15) is 13.8 Å². The SMILES string of the molecule is C=CCOCOCCOC(=O)C(C)(C)Br. The lowest BCUT2D eigenvalue weighted by Gasteiger charge is -2.14. The number of rotatable bonds is 8. The minimum Gasteiger partial charge on any atom is -0.462 e. The number of hydrogen-bond donors (Lipinski definition) is 0. The van der Waals surface area contributed by atoms with Gasteiger partial charge < -0.3 is 14.2 Å². The molecule has 0 aliphatic heterocycles. The lowest BCUT2D eigenvalue weighted by molar-refractivity contribution is -0.148. The number of ether oxygens (including phenoxy) is 3. The molecule has 0 aromatic rings. The van der Waals surface area contributed by atoms with E-state index < -0.39 is 4.32 Å². The first-order chi connectivity index (χ1) is 6.98. The predicted octanol–water partition coefficient (Wildman–Crippen LogP) is 1.88. The van der Waals surface area contributed by atoms with Gasteiger partial charge in [-0.05, 0) is 13.8 Å². The van der Waals surface area contributed by atoms with Crippen LogP contribution >= 0.6 is 15.9 Å². The van der Waals surface area contributed by atoms with Crippen LogP contribution in [0.5, 0.6) is 0 Å². The Morgan fingerprint density at radius 1 is 1.40 bits per heavy atom. The number of carbonyl (C=O) groups is 1. The molecule has 0 aliphatic rings. The summed E-state index contributed by atoms with van der Waals surface area (Å²) < 4.78 is 14.3. The van der Waals surface area contributed by atoms with Crippen LogP contribution in [0, 0.1) is 0 Å². The van der Waals surface area contributed by atoms with Crippen LogP contribution in [-0.4, -0.2) is 36.9 Å². The fourth-order valence-electron chi connectivity index (χ4n) is 0.614. The largest absolute Gasteiger partial charge is 0.462 e. The van der Waals surface area contributed by atoms with Crippen molar-refractivity contribution in [1.29, 1.82) is 0 Å².